The van der Waals surface area contributed by atoms with E-state index in [0.29, 0.717) is 17.0 Å². The van der Waals surface area contributed by atoms with E-state index >= 15 is 0 Å². The van der Waals surface area contributed by atoms with Crippen LogP contribution >= 0.6 is 0 Å². The van der Waals surface area contributed by atoms with Crippen molar-refractivity contribution in [2.75, 3.05) is 0 Å². The molecule has 5 nitrogen and oxygen atoms in total. The summed E-state index contributed by atoms with van der Waals surface area (Å²) in [6.07, 6.45) is -1.71. The average molecular weight is 299 g/mol. The van der Waals surface area contributed by atoms with E-state index in [4.69, 9.17) is 4.52 Å². The van der Waals surface area contributed by atoms with E-state index in [1.165, 1.54) is 6.20 Å². The molecule has 0 radical (unpaired) electrons. The minimum Gasteiger partial charge on any atom is -0.361 e. The molecule has 0 spiro atoms. The Morgan fingerprint density at radius 3 is 2.67 bits per heavy atom. The number of hydrogen-bond donors (Lipinski definition) is 0. The van der Waals surface area contributed by atoms with E-state index in [2.05, 4.69) is 10.3 Å². The summed E-state index contributed by atoms with van der Waals surface area (Å²) in [6, 6.07) is 0.872. The highest BCUT2D eigenvalue weighted by atomic mass is 19.4. The Balaban J connectivity index is 2.08. The predicted molar refractivity (Wildman–Crippen MR) is 65.8 cm³/mol. The van der Waals surface area contributed by atoms with Crippen molar-refractivity contribution in [3.05, 3.63) is 45.2 Å². The molecular weight excluding hydrogens is 287 g/mol. The van der Waals surface area contributed by atoms with Gasteiger partial charge in [0, 0.05) is 11.5 Å². The lowest BCUT2D eigenvalue weighted by Gasteiger charge is -2.11. The van der Waals surface area contributed by atoms with Crippen LogP contribution in [-0.4, -0.2) is 14.9 Å². The molecular formula is C13H12F3N3O2. The topological polar surface area (TPSA) is 60.9 Å². The molecule has 0 saturated heterocycles. The van der Waals surface area contributed by atoms with Gasteiger partial charge in [-0.15, -0.1) is 0 Å². The Hall–Kier alpha value is -2.12. The molecule has 0 atom stereocenters. The Labute approximate surface area is 117 Å². The molecule has 1 aliphatic rings. The second kappa shape index (κ2) is 4.71. The van der Waals surface area contributed by atoms with Crippen molar-refractivity contribution < 1.29 is 17.7 Å². The first-order chi connectivity index (χ1) is 9.86. The number of nitrogens with zero attached hydrogens (tertiary/aromatic N) is 3. The van der Waals surface area contributed by atoms with Crippen molar-refractivity contribution >= 4 is 0 Å². The van der Waals surface area contributed by atoms with Crippen LogP contribution in [0.3, 0.4) is 0 Å². The molecule has 1 saturated carbocycles. The van der Waals surface area contributed by atoms with Crippen LogP contribution in [0.15, 0.2) is 21.6 Å². The highest BCUT2D eigenvalue weighted by Crippen LogP contribution is 2.40. The van der Waals surface area contributed by atoms with Crippen LogP contribution in [0, 0.1) is 6.92 Å². The molecule has 1 fully saturated rings. The van der Waals surface area contributed by atoms with Gasteiger partial charge >= 0.3 is 6.18 Å². The van der Waals surface area contributed by atoms with Crippen LogP contribution in [-0.2, 0) is 12.7 Å². The van der Waals surface area contributed by atoms with Crippen molar-refractivity contribution in [3.63, 3.8) is 0 Å². The fourth-order valence-corrected chi connectivity index (χ4v) is 2.08. The van der Waals surface area contributed by atoms with E-state index in [1.807, 2.05) is 0 Å². The maximum Gasteiger partial charge on any atom is 0.421 e. The van der Waals surface area contributed by atoms with Crippen LogP contribution < -0.4 is 5.56 Å². The van der Waals surface area contributed by atoms with Gasteiger partial charge in [-0.25, -0.2) is 4.68 Å². The SMILES string of the molecule is Cc1oncc1Cn1nc(C2CC2)cc(C(F)(F)F)c1=O. The summed E-state index contributed by atoms with van der Waals surface area (Å²) in [5.41, 5.74) is -1.47. The van der Waals surface area contributed by atoms with Gasteiger partial charge < -0.3 is 4.52 Å². The molecule has 112 valence electrons. The monoisotopic (exact) mass is 299 g/mol. The highest BCUT2D eigenvalue weighted by Gasteiger charge is 2.37. The van der Waals surface area contributed by atoms with Gasteiger partial charge in [0.05, 0.1) is 18.4 Å². The van der Waals surface area contributed by atoms with E-state index in [9.17, 15) is 18.0 Å². The normalized spacial score (nSPS) is 15.4. The maximum atomic E-state index is 13.0. The third kappa shape index (κ3) is 2.70. The highest BCUT2D eigenvalue weighted by molar-refractivity contribution is 5.23. The molecule has 0 aliphatic heterocycles. The molecule has 3 rings (SSSR count). The number of alkyl halides is 3. The summed E-state index contributed by atoms with van der Waals surface area (Å²) in [4.78, 5) is 12.0. The van der Waals surface area contributed by atoms with Gasteiger partial charge in [0.15, 0.2) is 0 Å². The van der Waals surface area contributed by atoms with Crippen LogP contribution in [0.25, 0.3) is 0 Å². The van der Waals surface area contributed by atoms with Gasteiger partial charge in [0.25, 0.3) is 5.56 Å². The molecule has 0 N–H and O–H groups in total. The summed E-state index contributed by atoms with van der Waals surface area (Å²) in [6.45, 7) is 1.54. The lowest BCUT2D eigenvalue weighted by molar-refractivity contribution is -0.139. The van der Waals surface area contributed by atoms with Gasteiger partial charge in [-0.1, -0.05) is 5.16 Å². The third-order valence-corrected chi connectivity index (χ3v) is 3.46. The molecule has 0 aromatic carbocycles. The van der Waals surface area contributed by atoms with E-state index in [1.54, 1.807) is 6.92 Å². The van der Waals surface area contributed by atoms with Crippen molar-refractivity contribution in [2.45, 2.75) is 38.4 Å². The number of aromatic nitrogens is 3. The summed E-state index contributed by atoms with van der Waals surface area (Å²) in [5.74, 6) is 0.468. The summed E-state index contributed by atoms with van der Waals surface area (Å²) >= 11 is 0. The number of rotatable bonds is 3. The van der Waals surface area contributed by atoms with Crippen molar-refractivity contribution in [3.8, 4) is 0 Å². The molecule has 2 aromatic rings. The van der Waals surface area contributed by atoms with Crippen LogP contribution in [0.4, 0.5) is 13.2 Å². The fourth-order valence-electron chi connectivity index (χ4n) is 2.08. The first-order valence-corrected chi connectivity index (χ1v) is 6.45. The summed E-state index contributed by atoms with van der Waals surface area (Å²) in [5, 5.41) is 7.61. The van der Waals surface area contributed by atoms with E-state index in [-0.39, 0.29) is 12.5 Å². The van der Waals surface area contributed by atoms with Gasteiger partial charge in [-0.05, 0) is 25.8 Å². The molecule has 21 heavy (non-hydrogen) atoms. The average Bonchev–Trinajstić information content (AvgIpc) is 3.16. The quantitative estimate of drug-likeness (QED) is 0.873. The first kappa shape index (κ1) is 13.8. The third-order valence-electron chi connectivity index (χ3n) is 3.46. The molecule has 0 unspecified atom stereocenters. The van der Waals surface area contributed by atoms with Gasteiger partial charge in [0.2, 0.25) is 0 Å². The summed E-state index contributed by atoms with van der Waals surface area (Å²) in [7, 11) is 0. The predicted octanol–water partition coefficient (Wildman–Crippen LogP) is 2.48. The minimum atomic E-state index is -4.69. The second-order valence-electron chi connectivity index (χ2n) is 5.12. The standard InChI is InChI=1S/C13H12F3N3O2/c1-7-9(5-17-21-7)6-19-12(20)10(13(14,15)16)4-11(18-19)8-2-3-8/h4-5,8H,2-3,6H2,1H3. The zero-order chi connectivity index (χ0) is 15.2. The fraction of sp³-hybridized carbons (Fsp3) is 0.462. The van der Waals surface area contributed by atoms with Crippen LogP contribution in [0.1, 0.15) is 41.3 Å². The molecule has 2 heterocycles. The van der Waals surface area contributed by atoms with E-state index in [0.717, 1.165) is 23.6 Å². The number of halogens is 3. The zero-order valence-electron chi connectivity index (χ0n) is 11.1. The Morgan fingerprint density at radius 2 is 2.14 bits per heavy atom. The maximum absolute atomic E-state index is 13.0. The second-order valence-corrected chi connectivity index (χ2v) is 5.12. The van der Waals surface area contributed by atoms with Crippen LogP contribution in [0.5, 0.6) is 0 Å². The van der Waals surface area contributed by atoms with Gasteiger partial charge in [0.1, 0.15) is 11.3 Å². The van der Waals surface area contributed by atoms with Crippen LogP contribution in [0.2, 0.25) is 0 Å². The zero-order valence-corrected chi connectivity index (χ0v) is 11.1. The largest absolute Gasteiger partial charge is 0.421 e. The molecule has 1 aliphatic carbocycles. The minimum absolute atomic E-state index is 0.0153. The molecule has 2 aromatic heterocycles. The Kier molecular flexibility index (Phi) is 3.11. The first-order valence-electron chi connectivity index (χ1n) is 6.45. The molecule has 0 amide bonds. The molecule has 8 heteroatoms. The Bertz CT molecular complexity index is 729. The molecule has 0 bridgehead atoms. The number of aryl methyl sites for hydroxylation is 1. The number of hydrogen-bond acceptors (Lipinski definition) is 4. The Morgan fingerprint density at radius 1 is 1.43 bits per heavy atom. The van der Waals surface area contributed by atoms with Crippen molar-refractivity contribution in [1.82, 2.24) is 14.9 Å². The van der Waals surface area contributed by atoms with Gasteiger partial charge in [-0.2, -0.15) is 18.3 Å². The van der Waals surface area contributed by atoms with Gasteiger partial charge in [-0.3, -0.25) is 4.79 Å². The van der Waals surface area contributed by atoms with Crippen molar-refractivity contribution in [1.29, 1.82) is 0 Å². The van der Waals surface area contributed by atoms with Crippen molar-refractivity contribution in [2.24, 2.45) is 0 Å². The summed E-state index contributed by atoms with van der Waals surface area (Å²) < 4.78 is 44.6. The smallest absolute Gasteiger partial charge is 0.361 e. The lowest BCUT2D eigenvalue weighted by atomic mass is 10.2. The van der Waals surface area contributed by atoms with E-state index < -0.39 is 17.3 Å². The lowest BCUT2D eigenvalue weighted by Crippen LogP contribution is -2.31.